The third kappa shape index (κ3) is 3.87. The summed E-state index contributed by atoms with van der Waals surface area (Å²) in [5.74, 6) is 0. The second-order valence-corrected chi connectivity index (χ2v) is 6.49. The minimum absolute atomic E-state index is 0.0766. The van der Waals surface area contributed by atoms with Crippen molar-refractivity contribution < 1.29 is 13.5 Å². The summed E-state index contributed by atoms with van der Waals surface area (Å²) in [6.07, 6.45) is 3.35. The molecule has 8 heteroatoms. The van der Waals surface area contributed by atoms with Crippen LogP contribution in [0.5, 0.6) is 0 Å². The average Bonchev–Trinajstić information content (AvgIpc) is 3.00. The summed E-state index contributed by atoms with van der Waals surface area (Å²) in [7, 11) is -3.52. The summed E-state index contributed by atoms with van der Waals surface area (Å²) in [6.45, 7) is 0.557. The number of nitrogens with zero attached hydrogens (tertiary/aromatic N) is 2. The molecule has 6 nitrogen and oxygen atoms in total. The number of nitrogens with one attached hydrogen (secondary N) is 1. The van der Waals surface area contributed by atoms with Crippen LogP contribution in [-0.2, 0) is 23.0 Å². The van der Waals surface area contributed by atoms with E-state index in [0.29, 0.717) is 13.0 Å². The summed E-state index contributed by atoms with van der Waals surface area (Å²) in [5.41, 5.74) is 1.11. The zero-order chi connectivity index (χ0) is 13.7. The molecule has 2 heterocycles. The largest absolute Gasteiger partial charge is 0.394 e. The number of rotatable bonds is 7. The van der Waals surface area contributed by atoms with Crippen molar-refractivity contribution in [1.29, 1.82) is 0 Å². The van der Waals surface area contributed by atoms with Crippen LogP contribution in [0.2, 0.25) is 0 Å². The first-order valence-electron chi connectivity index (χ1n) is 5.76. The lowest BCUT2D eigenvalue weighted by atomic mass is 10.2. The van der Waals surface area contributed by atoms with Gasteiger partial charge in [0.15, 0.2) is 0 Å². The van der Waals surface area contributed by atoms with E-state index in [1.54, 1.807) is 11.3 Å². The van der Waals surface area contributed by atoms with Gasteiger partial charge in [-0.25, -0.2) is 13.1 Å². The summed E-state index contributed by atoms with van der Waals surface area (Å²) < 4.78 is 27.8. The van der Waals surface area contributed by atoms with Crippen LogP contribution in [0.25, 0.3) is 0 Å². The van der Waals surface area contributed by atoms with E-state index in [-0.39, 0.29) is 18.0 Å². The van der Waals surface area contributed by atoms with E-state index in [4.69, 9.17) is 5.11 Å². The van der Waals surface area contributed by atoms with Crippen molar-refractivity contribution in [3.63, 3.8) is 0 Å². The Bertz CT molecular complexity index is 605. The highest BCUT2D eigenvalue weighted by molar-refractivity contribution is 7.89. The molecule has 2 N–H and O–H groups in total. The van der Waals surface area contributed by atoms with Crippen molar-refractivity contribution in [2.45, 2.75) is 17.9 Å². The average molecular weight is 301 g/mol. The number of hydrogen-bond donors (Lipinski definition) is 2. The molecule has 2 rings (SSSR count). The van der Waals surface area contributed by atoms with Crippen LogP contribution in [0.15, 0.2) is 34.1 Å². The first-order chi connectivity index (χ1) is 9.12. The molecule has 0 aromatic carbocycles. The lowest BCUT2D eigenvalue weighted by molar-refractivity contribution is 0.269. The van der Waals surface area contributed by atoms with Gasteiger partial charge in [0.1, 0.15) is 4.90 Å². The lowest BCUT2D eigenvalue weighted by Gasteiger charge is -2.03. The van der Waals surface area contributed by atoms with Gasteiger partial charge in [-0.05, 0) is 28.8 Å². The maximum absolute atomic E-state index is 12.0. The maximum Gasteiger partial charge on any atom is 0.243 e. The van der Waals surface area contributed by atoms with E-state index in [0.717, 1.165) is 5.56 Å². The maximum atomic E-state index is 12.0. The molecular formula is C11H15N3O3S2. The van der Waals surface area contributed by atoms with Crippen molar-refractivity contribution in [1.82, 2.24) is 14.5 Å². The molecule has 0 atom stereocenters. The number of aliphatic hydroxyl groups excluding tert-OH is 1. The molecule has 0 spiro atoms. The third-order valence-corrected chi connectivity index (χ3v) is 4.68. The Kier molecular flexibility index (Phi) is 4.70. The smallest absolute Gasteiger partial charge is 0.243 e. The van der Waals surface area contributed by atoms with E-state index in [9.17, 15) is 8.42 Å². The summed E-state index contributed by atoms with van der Waals surface area (Å²) in [5, 5.41) is 16.6. The van der Waals surface area contributed by atoms with Crippen molar-refractivity contribution in [3.05, 3.63) is 34.8 Å². The highest BCUT2D eigenvalue weighted by Gasteiger charge is 2.15. The molecule has 0 aliphatic rings. The van der Waals surface area contributed by atoms with E-state index in [1.807, 2.05) is 16.8 Å². The minimum Gasteiger partial charge on any atom is -0.394 e. The van der Waals surface area contributed by atoms with Gasteiger partial charge in [0, 0.05) is 12.7 Å². The van der Waals surface area contributed by atoms with Crippen LogP contribution in [0, 0.1) is 0 Å². The number of sulfonamides is 1. The quantitative estimate of drug-likeness (QED) is 0.778. The van der Waals surface area contributed by atoms with Gasteiger partial charge in [-0.1, -0.05) is 0 Å². The van der Waals surface area contributed by atoms with Crippen LogP contribution in [0.1, 0.15) is 5.56 Å². The van der Waals surface area contributed by atoms with Crippen LogP contribution >= 0.6 is 11.3 Å². The zero-order valence-corrected chi connectivity index (χ0v) is 11.8. The molecule has 2 aromatic heterocycles. The van der Waals surface area contributed by atoms with Crippen LogP contribution in [0.4, 0.5) is 0 Å². The van der Waals surface area contributed by atoms with Crippen LogP contribution in [-0.4, -0.2) is 36.5 Å². The molecule has 0 aliphatic heterocycles. The number of hydrogen-bond acceptors (Lipinski definition) is 5. The Balaban J connectivity index is 1.93. The van der Waals surface area contributed by atoms with Gasteiger partial charge in [-0.3, -0.25) is 4.68 Å². The molecule has 0 bridgehead atoms. The highest BCUT2D eigenvalue weighted by Crippen LogP contribution is 2.08. The molecule has 0 radical (unpaired) electrons. The molecule has 19 heavy (non-hydrogen) atoms. The van der Waals surface area contributed by atoms with Gasteiger partial charge >= 0.3 is 0 Å². The van der Waals surface area contributed by atoms with E-state index in [2.05, 4.69) is 9.82 Å². The van der Waals surface area contributed by atoms with Crippen molar-refractivity contribution in [2.75, 3.05) is 13.2 Å². The van der Waals surface area contributed by atoms with Crippen molar-refractivity contribution in [3.8, 4) is 0 Å². The van der Waals surface area contributed by atoms with Gasteiger partial charge in [0.05, 0.1) is 19.3 Å². The van der Waals surface area contributed by atoms with E-state index < -0.39 is 10.0 Å². The fraction of sp³-hybridized carbons (Fsp3) is 0.364. The minimum atomic E-state index is -3.52. The van der Waals surface area contributed by atoms with E-state index in [1.165, 1.54) is 17.1 Å². The molecule has 0 saturated heterocycles. The Morgan fingerprint density at radius 2 is 2.32 bits per heavy atom. The standard InChI is InChI=1S/C11H15N3O3S2/c15-5-4-14-8-11(7-12-14)19(16,17)13-3-1-10-2-6-18-9-10/h2,6-9,13,15H,1,3-5H2. The number of aliphatic hydroxyl groups is 1. The highest BCUT2D eigenvalue weighted by atomic mass is 32.2. The first kappa shape index (κ1) is 14.2. The van der Waals surface area contributed by atoms with Crippen molar-refractivity contribution >= 4 is 21.4 Å². The topological polar surface area (TPSA) is 84.2 Å². The molecule has 104 valence electrons. The predicted octanol–water partition coefficient (Wildman–Crippen LogP) is 0.458. The molecule has 0 saturated carbocycles. The Morgan fingerprint density at radius 1 is 1.47 bits per heavy atom. The second-order valence-electron chi connectivity index (χ2n) is 3.94. The monoisotopic (exact) mass is 301 g/mol. The normalized spacial score (nSPS) is 11.8. The van der Waals surface area contributed by atoms with Gasteiger partial charge in [-0.15, -0.1) is 0 Å². The Hall–Kier alpha value is -1.22. The van der Waals surface area contributed by atoms with Gasteiger partial charge in [0.2, 0.25) is 10.0 Å². The SMILES string of the molecule is O=S(=O)(NCCc1ccsc1)c1cnn(CCO)c1. The van der Waals surface area contributed by atoms with Crippen LogP contribution < -0.4 is 4.72 Å². The van der Waals surface area contributed by atoms with Crippen LogP contribution in [0.3, 0.4) is 0 Å². The summed E-state index contributed by atoms with van der Waals surface area (Å²) in [6, 6.07) is 1.97. The van der Waals surface area contributed by atoms with Crippen molar-refractivity contribution in [2.24, 2.45) is 0 Å². The first-order valence-corrected chi connectivity index (χ1v) is 8.18. The van der Waals surface area contributed by atoms with Gasteiger partial charge in [0.25, 0.3) is 0 Å². The van der Waals surface area contributed by atoms with Gasteiger partial charge < -0.3 is 5.11 Å². The predicted molar refractivity (Wildman–Crippen MR) is 72.5 cm³/mol. The lowest BCUT2D eigenvalue weighted by Crippen LogP contribution is -2.25. The van der Waals surface area contributed by atoms with E-state index >= 15 is 0 Å². The zero-order valence-electron chi connectivity index (χ0n) is 10.2. The molecule has 2 aromatic rings. The molecular weight excluding hydrogens is 286 g/mol. The Morgan fingerprint density at radius 3 is 3.00 bits per heavy atom. The third-order valence-electron chi connectivity index (χ3n) is 2.53. The second kappa shape index (κ2) is 6.29. The molecule has 0 fully saturated rings. The summed E-state index contributed by atoms with van der Waals surface area (Å²) in [4.78, 5) is 0.117. The molecule has 0 unspecified atom stereocenters. The summed E-state index contributed by atoms with van der Waals surface area (Å²) >= 11 is 1.59. The molecule has 0 amide bonds. The Labute approximate surface area is 115 Å². The number of aromatic nitrogens is 2. The molecule has 0 aliphatic carbocycles. The number of thiophene rings is 1. The fourth-order valence-corrected chi connectivity index (χ4v) is 3.24. The fourth-order valence-electron chi connectivity index (χ4n) is 1.56. The van der Waals surface area contributed by atoms with Gasteiger partial charge in [-0.2, -0.15) is 16.4 Å².